The van der Waals surface area contributed by atoms with Crippen molar-refractivity contribution in [2.45, 2.75) is 6.54 Å². The average Bonchev–Trinajstić information content (AvgIpc) is 2.79. The van der Waals surface area contributed by atoms with Gasteiger partial charge in [0.15, 0.2) is 5.13 Å². The predicted molar refractivity (Wildman–Crippen MR) is 71.3 cm³/mol. The summed E-state index contributed by atoms with van der Waals surface area (Å²) in [7, 11) is 1.60. The number of hydrogen-bond donors (Lipinski definition) is 2. The summed E-state index contributed by atoms with van der Waals surface area (Å²) in [5.74, 6) is 0.724. The molecule has 0 aliphatic carbocycles. The van der Waals surface area contributed by atoms with Crippen molar-refractivity contribution in [2.75, 3.05) is 12.4 Å². The number of thiazole rings is 1. The molecule has 0 aliphatic heterocycles. The van der Waals surface area contributed by atoms with Gasteiger partial charge in [0, 0.05) is 23.7 Å². The Morgan fingerprint density at radius 1 is 1.53 bits per heavy atom. The van der Waals surface area contributed by atoms with Gasteiger partial charge in [-0.25, -0.2) is 4.98 Å². The SMILES string of the molecule is COc1ccc(Nc2ncc(CN)s2)c(Cl)c1. The smallest absolute Gasteiger partial charge is 0.187 e. The fourth-order valence-corrected chi connectivity index (χ4v) is 2.22. The fourth-order valence-electron chi connectivity index (χ4n) is 1.30. The second-order valence-electron chi connectivity index (χ2n) is 3.31. The number of nitrogens with one attached hydrogen (secondary N) is 1. The van der Waals surface area contributed by atoms with Gasteiger partial charge in [-0.15, -0.1) is 11.3 Å². The molecule has 6 heteroatoms. The molecule has 0 saturated carbocycles. The first kappa shape index (κ1) is 12.2. The Morgan fingerprint density at radius 2 is 2.35 bits per heavy atom. The van der Waals surface area contributed by atoms with Gasteiger partial charge in [0.1, 0.15) is 5.75 Å². The number of anilines is 2. The first-order valence-electron chi connectivity index (χ1n) is 4.98. The zero-order chi connectivity index (χ0) is 12.3. The first-order chi connectivity index (χ1) is 8.22. The molecule has 1 aromatic carbocycles. The van der Waals surface area contributed by atoms with Gasteiger partial charge in [-0.05, 0) is 12.1 Å². The van der Waals surface area contributed by atoms with Crippen LogP contribution < -0.4 is 15.8 Å². The lowest BCUT2D eigenvalue weighted by Crippen LogP contribution is -1.91. The van der Waals surface area contributed by atoms with Gasteiger partial charge in [0.05, 0.1) is 17.8 Å². The van der Waals surface area contributed by atoms with Gasteiger partial charge in [-0.1, -0.05) is 11.6 Å². The van der Waals surface area contributed by atoms with E-state index in [9.17, 15) is 0 Å². The van der Waals surface area contributed by atoms with Crippen LogP contribution in [0.4, 0.5) is 10.8 Å². The van der Waals surface area contributed by atoms with Crippen LogP contribution in [0.1, 0.15) is 4.88 Å². The molecule has 3 N–H and O–H groups in total. The summed E-state index contributed by atoms with van der Waals surface area (Å²) in [5, 5.41) is 4.51. The normalized spacial score (nSPS) is 10.3. The van der Waals surface area contributed by atoms with E-state index in [1.807, 2.05) is 12.1 Å². The Kier molecular flexibility index (Phi) is 3.83. The molecule has 0 bridgehead atoms. The first-order valence-corrected chi connectivity index (χ1v) is 6.17. The molecule has 90 valence electrons. The highest BCUT2D eigenvalue weighted by Crippen LogP contribution is 2.30. The van der Waals surface area contributed by atoms with E-state index in [0.29, 0.717) is 11.6 Å². The molecule has 0 atom stereocenters. The zero-order valence-corrected chi connectivity index (χ0v) is 10.8. The molecule has 17 heavy (non-hydrogen) atoms. The summed E-state index contributed by atoms with van der Waals surface area (Å²) in [6.07, 6.45) is 1.75. The summed E-state index contributed by atoms with van der Waals surface area (Å²) < 4.78 is 5.08. The summed E-state index contributed by atoms with van der Waals surface area (Å²) in [6.45, 7) is 0.496. The number of hydrogen-bond acceptors (Lipinski definition) is 5. The molecule has 0 spiro atoms. The number of benzene rings is 1. The van der Waals surface area contributed by atoms with Gasteiger partial charge in [0.25, 0.3) is 0 Å². The minimum absolute atomic E-state index is 0.496. The molecular weight excluding hydrogens is 258 g/mol. The van der Waals surface area contributed by atoms with Crippen LogP contribution in [0.5, 0.6) is 5.75 Å². The maximum absolute atomic E-state index is 6.11. The molecule has 0 unspecified atom stereocenters. The third kappa shape index (κ3) is 2.88. The maximum Gasteiger partial charge on any atom is 0.187 e. The number of aromatic nitrogens is 1. The van der Waals surface area contributed by atoms with Crippen molar-refractivity contribution in [3.63, 3.8) is 0 Å². The van der Waals surface area contributed by atoms with E-state index in [1.165, 1.54) is 11.3 Å². The van der Waals surface area contributed by atoms with E-state index >= 15 is 0 Å². The van der Waals surface area contributed by atoms with Crippen molar-refractivity contribution in [3.05, 3.63) is 34.3 Å². The van der Waals surface area contributed by atoms with Crippen LogP contribution in [-0.4, -0.2) is 12.1 Å². The van der Waals surface area contributed by atoms with E-state index in [2.05, 4.69) is 10.3 Å². The van der Waals surface area contributed by atoms with E-state index in [4.69, 9.17) is 22.1 Å². The predicted octanol–water partition coefficient (Wildman–Crippen LogP) is 3.01. The Morgan fingerprint density at radius 3 is 2.94 bits per heavy atom. The molecule has 2 rings (SSSR count). The Balaban J connectivity index is 2.18. The molecule has 0 radical (unpaired) electrons. The Hall–Kier alpha value is -1.30. The second kappa shape index (κ2) is 5.35. The summed E-state index contributed by atoms with van der Waals surface area (Å²) in [6, 6.07) is 5.44. The van der Waals surface area contributed by atoms with Gasteiger partial charge in [0.2, 0.25) is 0 Å². The van der Waals surface area contributed by atoms with Crippen molar-refractivity contribution < 1.29 is 4.74 Å². The van der Waals surface area contributed by atoms with Crippen molar-refractivity contribution in [1.82, 2.24) is 4.98 Å². The van der Waals surface area contributed by atoms with E-state index < -0.39 is 0 Å². The largest absolute Gasteiger partial charge is 0.497 e. The van der Waals surface area contributed by atoms with Crippen molar-refractivity contribution in [2.24, 2.45) is 5.73 Å². The molecule has 2 aromatic rings. The molecular formula is C11H12ClN3OS. The maximum atomic E-state index is 6.11. The van der Waals surface area contributed by atoms with E-state index in [1.54, 1.807) is 19.4 Å². The highest BCUT2D eigenvalue weighted by molar-refractivity contribution is 7.15. The highest BCUT2D eigenvalue weighted by atomic mass is 35.5. The van der Waals surface area contributed by atoms with Crippen LogP contribution in [0.3, 0.4) is 0 Å². The minimum Gasteiger partial charge on any atom is -0.497 e. The van der Waals surface area contributed by atoms with Gasteiger partial charge in [-0.3, -0.25) is 0 Å². The van der Waals surface area contributed by atoms with Crippen LogP contribution in [-0.2, 0) is 6.54 Å². The van der Waals surface area contributed by atoms with Crippen molar-refractivity contribution in [3.8, 4) is 5.75 Å². The molecule has 4 nitrogen and oxygen atoms in total. The van der Waals surface area contributed by atoms with Gasteiger partial charge >= 0.3 is 0 Å². The zero-order valence-electron chi connectivity index (χ0n) is 9.24. The van der Waals surface area contributed by atoms with Crippen molar-refractivity contribution in [1.29, 1.82) is 0 Å². The molecule has 0 amide bonds. The number of rotatable bonds is 4. The van der Waals surface area contributed by atoms with Crippen LogP contribution >= 0.6 is 22.9 Å². The highest BCUT2D eigenvalue weighted by Gasteiger charge is 2.05. The van der Waals surface area contributed by atoms with Gasteiger partial charge in [-0.2, -0.15) is 0 Å². The molecule has 0 fully saturated rings. The van der Waals surface area contributed by atoms with Crippen LogP contribution in [0.2, 0.25) is 5.02 Å². The third-order valence-electron chi connectivity index (χ3n) is 2.17. The number of ether oxygens (including phenoxy) is 1. The van der Waals surface area contributed by atoms with E-state index in [0.717, 1.165) is 21.4 Å². The van der Waals surface area contributed by atoms with Gasteiger partial charge < -0.3 is 15.8 Å². The summed E-state index contributed by atoms with van der Waals surface area (Å²) >= 11 is 7.62. The summed E-state index contributed by atoms with van der Waals surface area (Å²) in [5.41, 5.74) is 6.32. The molecule has 1 heterocycles. The quantitative estimate of drug-likeness (QED) is 0.896. The number of nitrogens with zero attached hydrogens (tertiary/aromatic N) is 1. The number of methoxy groups -OCH3 is 1. The number of nitrogens with two attached hydrogens (primary N) is 1. The Labute approximate surface area is 108 Å². The standard InChI is InChI=1S/C11H12ClN3OS/c1-16-7-2-3-10(9(12)4-7)15-11-14-6-8(5-13)17-11/h2-4,6H,5,13H2,1H3,(H,14,15). The van der Waals surface area contributed by atoms with Crippen LogP contribution in [0.15, 0.2) is 24.4 Å². The fraction of sp³-hybridized carbons (Fsp3) is 0.182. The third-order valence-corrected chi connectivity index (χ3v) is 3.42. The lowest BCUT2D eigenvalue weighted by molar-refractivity contribution is 0.415. The minimum atomic E-state index is 0.496. The topological polar surface area (TPSA) is 60.2 Å². The second-order valence-corrected chi connectivity index (χ2v) is 4.83. The molecule has 0 saturated heterocycles. The monoisotopic (exact) mass is 269 g/mol. The van der Waals surface area contributed by atoms with Crippen LogP contribution in [0.25, 0.3) is 0 Å². The average molecular weight is 270 g/mol. The van der Waals surface area contributed by atoms with Crippen LogP contribution in [0, 0.1) is 0 Å². The number of halogens is 1. The molecule has 1 aromatic heterocycles. The van der Waals surface area contributed by atoms with Crippen molar-refractivity contribution >= 4 is 33.8 Å². The lowest BCUT2D eigenvalue weighted by atomic mass is 10.3. The van der Waals surface area contributed by atoms with E-state index in [-0.39, 0.29) is 0 Å². The lowest BCUT2D eigenvalue weighted by Gasteiger charge is -2.06. The molecule has 0 aliphatic rings. The summed E-state index contributed by atoms with van der Waals surface area (Å²) in [4.78, 5) is 5.23. The Bertz CT molecular complexity index is 515.